The summed E-state index contributed by atoms with van der Waals surface area (Å²) < 4.78 is 0. The lowest BCUT2D eigenvalue weighted by atomic mass is 9.47. The van der Waals surface area contributed by atoms with Crippen LogP contribution in [0.3, 0.4) is 0 Å². The summed E-state index contributed by atoms with van der Waals surface area (Å²) in [6.07, 6.45) is 21.1. The van der Waals surface area contributed by atoms with Crippen molar-refractivity contribution < 1.29 is 24.9 Å². The molecule has 3 N–H and O–H groups in total. The van der Waals surface area contributed by atoms with Crippen molar-refractivity contribution in [2.24, 2.45) is 45.8 Å². The maximum Gasteiger partial charge on any atom is 0.161 e. The molecule has 8 rings (SSSR count). The molecule has 7 aliphatic carbocycles. The third-order valence-corrected chi connectivity index (χ3v) is 15.7. The van der Waals surface area contributed by atoms with E-state index in [9.17, 15) is 24.9 Å². The molecule has 0 spiro atoms. The number of aliphatic hydroxyl groups is 2. The molecule has 47 heavy (non-hydrogen) atoms. The van der Waals surface area contributed by atoms with Gasteiger partial charge in [0, 0.05) is 17.3 Å². The fraction of sp³-hybridized carbons (Fsp3) is 0.667. The third kappa shape index (κ3) is 4.49. The largest absolute Gasteiger partial charge is 0.508 e. The molecule has 252 valence electrons. The summed E-state index contributed by atoms with van der Waals surface area (Å²) in [5, 5.41) is 31.8. The molecule has 5 nitrogen and oxygen atoms in total. The molecular formula is C42H54O5. The number of hydrogen-bond acceptors (Lipinski definition) is 5. The summed E-state index contributed by atoms with van der Waals surface area (Å²) in [6.45, 7) is 10.4. The fourth-order valence-electron chi connectivity index (χ4n) is 12.8. The standard InChI is InChI=1S/C22H30O3.C20H24O2/c1-13-11-16-17(20(3)8-5-15(24)12-19(13)20)6-9-21(4)18(16)7-10-22(21,25)14(2)23;1-3-20(22)11-9-18-17-6-4-13-12-14(21)5-7-15(13)16(17)8-10-19(18,20)2/h11-12,16-18,25H,5-10H2,1-4H3;1,5,7,12,16-18,21-22H,4,6,8-11H2,2H3/t16-,17+,18+,20-,21+,22+;16-,17-,18+,19+,20+/m11/s1. The number of fused-ring (bicyclic) bond motifs is 10. The van der Waals surface area contributed by atoms with Crippen LogP contribution in [0, 0.1) is 58.2 Å². The van der Waals surface area contributed by atoms with E-state index in [0.29, 0.717) is 54.1 Å². The number of Topliss-reactive ketones (excluding diaryl/α,β-unsaturated/α-hetero) is 1. The van der Waals surface area contributed by atoms with Crippen molar-refractivity contribution in [2.75, 3.05) is 0 Å². The van der Waals surface area contributed by atoms with Crippen LogP contribution in [-0.4, -0.2) is 38.1 Å². The van der Waals surface area contributed by atoms with Gasteiger partial charge in [0.05, 0.1) is 0 Å². The molecule has 0 aromatic heterocycles. The van der Waals surface area contributed by atoms with E-state index in [1.807, 2.05) is 18.2 Å². The molecule has 0 aliphatic heterocycles. The Kier molecular flexibility index (Phi) is 7.63. The Morgan fingerprint density at radius 2 is 1.60 bits per heavy atom. The summed E-state index contributed by atoms with van der Waals surface area (Å²) in [5.41, 5.74) is 2.75. The van der Waals surface area contributed by atoms with E-state index in [1.54, 1.807) is 6.92 Å². The van der Waals surface area contributed by atoms with Gasteiger partial charge in [0.2, 0.25) is 0 Å². The highest BCUT2D eigenvalue weighted by Crippen LogP contribution is 2.67. The van der Waals surface area contributed by atoms with Crippen LogP contribution in [0.4, 0.5) is 0 Å². The molecule has 0 radical (unpaired) electrons. The quantitative estimate of drug-likeness (QED) is 0.275. The van der Waals surface area contributed by atoms with Crippen LogP contribution in [0.2, 0.25) is 0 Å². The Balaban J connectivity index is 0.000000151. The summed E-state index contributed by atoms with van der Waals surface area (Å²) >= 11 is 0. The lowest BCUT2D eigenvalue weighted by molar-refractivity contribution is -0.156. The molecule has 1 aromatic rings. The Labute approximate surface area is 281 Å². The number of carbonyl (C=O) groups excluding carboxylic acids is 2. The summed E-state index contributed by atoms with van der Waals surface area (Å²) in [5.74, 6) is 6.28. The molecule has 1 aromatic carbocycles. The lowest BCUT2D eigenvalue weighted by Crippen LogP contribution is -2.56. The van der Waals surface area contributed by atoms with E-state index in [2.05, 4.69) is 45.8 Å². The van der Waals surface area contributed by atoms with Crippen LogP contribution < -0.4 is 0 Å². The van der Waals surface area contributed by atoms with Crippen molar-refractivity contribution in [3.63, 3.8) is 0 Å². The normalized spacial score (nSPS) is 46.0. The number of rotatable bonds is 1. The molecule has 0 heterocycles. The first kappa shape index (κ1) is 32.8. The number of hydrogen-bond donors (Lipinski definition) is 3. The van der Waals surface area contributed by atoms with Crippen molar-refractivity contribution in [3.8, 4) is 18.1 Å². The summed E-state index contributed by atoms with van der Waals surface area (Å²) in [4.78, 5) is 24.3. The van der Waals surface area contributed by atoms with Crippen molar-refractivity contribution in [1.29, 1.82) is 0 Å². The van der Waals surface area contributed by atoms with E-state index in [-0.39, 0.29) is 27.8 Å². The van der Waals surface area contributed by atoms with Gasteiger partial charge in [-0.2, -0.15) is 0 Å². The zero-order valence-corrected chi connectivity index (χ0v) is 29.1. The third-order valence-electron chi connectivity index (χ3n) is 15.7. The predicted octanol–water partition coefficient (Wildman–Crippen LogP) is 7.62. The molecule has 5 heteroatoms. The second-order valence-electron chi connectivity index (χ2n) is 17.3. The maximum atomic E-state index is 12.3. The van der Waals surface area contributed by atoms with Gasteiger partial charge >= 0.3 is 0 Å². The first-order chi connectivity index (χ1) is 22.1. The molecule has 4 fully saturated rings. The van der Waals surface area contributed by atoms with E-state index in [4.69, 9.17) is 6.42 Å². The topological polar surface area (TPSA) is 94.8 Å². The maximum absolute atomic E-state index is 12.3. The zero-order chi connectivity index (χ0) is 33.7. The van der Waals surface area contributed by atoms with E-state index < -0.39 is 11.2 Å². The highest BCUT2D eigenvalue weighted by Gasteiger charge is 2.65. The van der Waals surface area contributed by atoms with Gasteiger partial charge in [-0.05, 0) is 160 Å². The van der Waals surface area contributed by atoms with Crippen molar-refractivity contribution in [1.82, 2.24) is 0 Å². The number of aryl methyl sites for hydroxylation is 1. The van der Waals surface area contributed by atoms with Crippen molar-refractivity contribution >= 4 is 11.6 Å². The highest BCUT2D eigenvalue weighted by molar-refractivity contribution is 5.92. The van der Waals surface area contributed by atoms with E-state index >= 15 is 0 Å². The number of ketones is 2. The summed E-state index contributed by atoms with van der Waals surface area (Å²) in [6, 6.07) is 5.87. The van der Waals surface area contributed by atoms with Crippen LogP contribution in [0.15, 0.2) is 41.5 Å². The molecular weight excluding hydrogens is 584 g/mol. The minimum atomic E-state index is -1.16. The van der Waals surface area contributed by atoms with Gasteiger partial charge in [0.15, 0.2) is 11.6 Å². The molecule has 0 amide bonds. The van der Waals surface area contributed by atoms with Gasteiger partial charge in [-0.3, -0.25) is 9.59 Å². The number of phenols is 1. The fourth-order valence-corrected chi connectivity index (χ4v) is 12.8. The van der Waals surface area contributed by atoms with Crippen LogP contribution >= 0.6 is 0 Å². The number of benzene rings is 1. The van der Waals surface area contributed by atoms with Crippen LogP contribution in [0.5, 0.6) is 5.75 Å². The first-order valence-corrected chi connectivity index (χ1v) is 18.3. The average Bonchev–Trinajstić information content (AvgIpc) is 3.48. The number of allylic oxidation sites excluding steroid dienone is 4. The van der Waals surface area contributed by atoms with Gasteiger partial charge in [-0.15, -0.1) is 6.42 Å². The average molecular weight is 639 g/mol. The smallest absolute Gasteiger partial charge is 0.161 e. The van der Waals surface area contributed by atoms with Gasteiger partial charge < -0.3 is 15.3 Å². The first-order valence-electron chi connectivity index (χ1n) is 18.3. The number of aromatic hydroxyl groups is 1. The highest BCUT2D eigenvalue weighted by atomic mass is 16.3. The van der Waals surface area contributed by atoms with E-state index in [1.165, 1.54) is 22.3 Å². The molecule has 0 saturated heterocycles. The molecule has 0 unspecified atom stereocenters. The number of carbonyl (C=O) groups is 2. The molecule has 0 bridgehead atoms. The predicted molar refractivity (Wildman–Crippen MR) is 183 cm³/mol. The van der Waals surface area contributed by atoms with Crippen molar-refractivity contribution in [3.05, 3.63) is 52.6 Å². The molecule has 7 aliphatic rings. The van der Waals surface area contributed by atoms with Gasteiger partial charge in [0.1, 0.15) is 17.0 Å². The SMILES string of the molecule is C#C[C@]1(O)CC[C@H]2[C@@H]3CCc4cc(O)ccc4[C@H]3CC[C@@]21C.CC(=O)[C@@]1(O)CC[C@H]2[C@@H]3C=C(C)C4=CC(=O)CC[C@]4(C)[C@H]3CC[C@@]21C. The van der Waals surface area contributed by atoms with Gasteiger partial charge in [-0.1, -0.05) is 44.4 Å². The number of phenolic OH excluding ortho intramolecular Hbond substituents is 1. The number of terminal acetylenes is 1. The van der Waals surface area contributed by atoms with Crippen LogP contribution in [0.25, 0.3) is 0 Å². The van der Waals surface area contributed by atoms with Crippen LogP contribution in [0.1, 0.15) is 122 Å². The minimum absolute atomic E-state index is 0.0651. The molecule has 4 saturated carbocycles. The Morgan fingerprint density at radius 1 is 0.894 bits per heavy atom. The monoisotopic (exact) mass is 638 g/mol. The Bertz CT molecular complexity index is 1610. The Hall–Kier alpha value is -2.68. The molecule has 11 atom stereocenters. The summed E-state index contributed by atoms with van der Waals surface area (Å²) in [7, 11) is 0. The zero-order valence-electron chi connectivity index (χ0n) is 29.1. The van der Waals surface area contributed by atoms with E-state index in [0.717, 1.165) is 64.2 Å². The minimum Gasteiger partial charge on any atom is -0.508 e. The van der Waals surface area contributed by atoms with Gasteiger partial charge in [0.25, 0.3) is 0 Å². The second-order valence-corrected chi connectivity index (χ2v) is 17.3. The lowest BCUT2D eigenvalue weighted by Gasteiger charge is -2.57. The second kappa shape index (κ2) is 10.9. The van der Waals surface area contributed by atoms with Crippen molar-refractivity contribution in [2.45, 2.75) is 129 Å². The van der Waals surface area contributed by atoms with Gasteiger partial charge in [-0.25, -0.2) is 0 Å². The van der Waals surface area contributed by atoms with Crippen LogP contribution in [-0.2, 0) is 16.0 Å². The Morgan fingerprint density at radius 3 is 2.32 bits per heavy atom.